The maximum Gasteiger partial charge on any atom is 0.263 e. The average molecular weight is 259 g/mol. The van der Waals surface area contributed by atoms with E-state index in [1.807, 2.05) is 6.20 Å². The van der Waals surface area contributed by atoms with Crippen molar-refractivity contribution in [2.75, 3.05) is 5.32 Å². The molecule has 0 bridgehead atoms. The first kappa shape index (κ1) is 12.4. The Morgan fingerprint density at radius 1 is 1.37 bits per heavy atom. The number of aliphatic imine (C=N–C) groups is 1. The van der Waals surface area contributed by atoms with Gasteiger partial charge in [-0.05, 0) is 37.3 Å². The largest absolute Gasteiger partial charge is 0.366 e. The third-order valence-electron chi connectivity index (χ3n) is 3.60. The lowest BCUT2D eigenvalue weighted by molar-refractivity contribution is 0.571. The minimum atomic E-state index is -0.220. The first-order valence-corrected chi connectivity index (χ1v) is 6.68. The predicted octanol–water partition coefficient (Wildman–Crippen LogP) is 3.86. The van der Waals surface area contributed by atoms with Crippen LogP contribution in [0.1, 0.15) is 33.6 Å². The number of hydrogen-bond donors (Lipinski definition) is 1. The summed E-state index contributed by atoms with van der Waals surface area (Å²) >= 11 is 0. The van der Waals surface area contributed by atoms with Gasteiger partial charge >= 0.3 is 0 Å². The van der Waals surface area contributed by atoms with Crippen LogP contribution in [0.25, 0.3) is 0 Å². The number of halogens is 1. The normalized spacial score (nSPS) is 20.2. The molecule has 2 aliphatic heterocycles. The predicted molar refractivity (Wildman–Crippen MR) is 76.3 cm³/mol. The molecule has 0 spiro atoms. The molecule has 1 radical (unpaired) electrons. The van der Waals surface area contributed by atoms with E-state index >= 15 is 0 Å². The number of fused-ring (bicyclic) bond motifs is 3. The number of anilines is 2. The minimum absolute atomic E-state index is 0.205. The number of rotatable bonds is 2. The summed E-state index contributed by atoms with van der Waals surface area (Å²) in [5, 5.41) is 3.45. The topological polar surface area (TPSA) is 30.3 Å². The number of benzene rings is 1. The summed E-state index contributed by atoms with van der Waals surface area (Å²) in [6.45, 7) is 6.35. The summed E-state index contributed by atoms with van der Waals surface area (Å²) in [6, 6.07) is 4.86. The van der Waals surface area contributed by atoms with Gasteiger partial charge in [0.2, 0.25) is 11.4 Å². The molecule has 1 aromatic carbocycles. The van der Waals surface area contributed by atoms with Crippen molar-refractivity contribution in [2.24, 2.45) is 4.99 Å². The molecule has 0 aliphatic carbocycles. The van der Waals surface area contributed by atoms with Crippen molar-refractivity contribution in [3.63, 3.8) is 0 Å². The SMILES string of the molecule is CCCC1=NC=C2[N+]1c1cc(F)ccc1NC2(C)C. The van der Waals surface area contributed by atoms with Gasteiger partial charge < -0.3 is 5.32 Å². The van der Waals surface area contributed by atoms with Crippen molar-refractivity contribution in [1.29, 1.82) is 0 Å². The van der Waals surface area contributed by atoms with Crippen LogP contribution < -0.4 is 10.2 Å². The molecule has 1 aromatic rings. The molecule has 0 fully saturated rings. The van der Waals surface area contributed by atoms with E-state index in [9.17, 15) is 4.39 Å². The van der Waals surface area contributed by atoms with Gasteiger partial charge in [0.15, 0.2) is 0 Å². The monoisotopic (exact) mass is 259 g/mol. The molecule has 0 atom stereocenters. The summed E-state index contributed by atoms with van der Waals surface area (Å²) in [4.78, 5) is 6.61. The van der Waals surface area contributed by atoms with Gasteiger partial charge in [-0.25, -0.2) is 4.39 Å². The summed E-state index contributed by atoms with van der Waals surface area (Å²) in [7, 11) is 0. The molecule has 99 valence electrons. The molecule has 1 N–H and O–H groups in total. The summed E-state index contributed by atoms with van der Waals surface area (Å²) in [6.07, 6.45) is 3.81. The van der Waals surface area contributed by atoms with E-state index in [0.29, 0.717) is 0 Å². The number of hydrogen-bond acceptors (Lipinski definition) is 3. The fraction of sp³-hybridized carbons (Fsp3) is 0.400. The zero-order valence-electron chi connectivity index (χ0n) is 11.5. The molecular weight excluding hydrogens is 241 g/mol. The highest BCUT2D eigenvalue weighted by atomic mass is 19.1. The summed E-state index contributed by atoms with van der Waals surface area (Å²) < 4.78 is 13.5. The van der Waals surface area contributed by atoms with Crippen LogP contribution in [0.2, 0.25) is 0 Å². The van der Waals surface area contributed by atoms with Gasteiger partial charge in [0.05, 0.1) is 6.20 Å². The quantitative estimate of drug-likeness (QED) is 0.803. The first-order valence-electron chi connectivity index (χ1n) is 6.68. The standard InChI is InChI=1S/C15H18FN3/c1-4-5-14-17-9-13-15(2,3)18-11-7-6-10(16)8-12(11)19(13)14/h6-9,18H,4-5H2,1-3H3/q+1. The van der Waals surface area contributed by atoms with Crippen molar-refractivity contribution in [1.82, 2.24) is 4.90 Å². The van der Waals surface area contributed by atoms with E-state index in [-0.39, 0.29) is 11.4 Å². The van der Waals surface area contributed by atoms with Gasteiger partial charge in [-0.15, -0.1) is 0 Å². The Hall–Kier alpha value is -1.68. The molecule has 0 unspecified atom stereocenters. The number of nitrogens with one attached hydrogen (secondary N) is 1. The molecule has 0 aromatic heterocycles. The lowest BCUT2D eigenvalue weighted by Gasteiger charge is -2.33. The van der Waals surface area contributed by atoms with E-state index in [1.54, 1.807) is 12.1 Å². The minimum Gasteiger partial charge on any atom is -0.366 e. The highest BCUT2D eigenvalue weighted by Gasteiger charge is 2.49. The van der Waals surface area contributed by atoms with Crippen LogP contribution in [0.15, 0.2) is 35.1 Å². The van der Waals surface area contributed by atoms with Crippen molar-refractivity contribution in [2.45, 2.75) is 39.2 Å². The van der Waals surface area contributed by atoms with Crippen LogP contribution in [0.5, 0.6) is 0 Å². The van der Waals surface area contributed by atoms with E-state index in [0.717, 1.165) is 35.7 Å². The van der Waals surface area contributed by atoms with Crippen LogP contribution in [0.3, 0.4) is 0 Å². The molecule has 2 aliphatic rings. The second-order valence-electron chi connectivity index (χ2n) is 5.56. The second-order valence-corrected chi connectivity index (χ2v) is 5.56. The van der Waals surface area contributed by atoms with Crippen LogP contribution in [-0.4, -0.2) is 11.4 Å². The Balaban J connectivity index is 2.13. The molecule has 0 saturated heterocycles. The molecule has 19 heavy (non-hydrogen) atoms. The van der Waals surface area contributed by atoms with Gasteiger partial charge in [-0.3, -0.25) is 0 Å². The Kier molecular flexibility index (Phi) is 2.71. The van der Waals surface area contributed by atoms with Gasteiger partial charge in [0.25, 0.3) is 5.84 Å². The van der Waals surface area contributed by atoms with Crippen LogP contribution in [-0.2, 0) is 0 Å². The summed E-state index contributed by atoms with van der Waals surface area (Å²) in [5.74, 6) is 0.779. The van der Waals surface area contributed by atoms with Crippen molar-refractivity contribution in [3.05, 3.63) is 35.9 Å². The Labute approximate surface area is 112 Å². The van der Waals surface area contributed by atoms with Crippen LogP contribution >= 0.6 is 0 Å². The van der Waals surface area contributed by atoms with Gasteiger partial charge in [-0.1, -0.05) is 6.92 Å². The first-order chi connectivity index (χ1) is 9.03. The number of amidine groups is 1. The highest BCUT2D eigenvalue weighted by Crippen LogP contribution is 2.42. The van der Waals surface area contributed by atoms with Gasteiger partial charge in [0.1, 0.15) is 17.0 Å². The van der Waals surface area contributed by atoms with E-state index in [4.69, 9.17) is 0 Å². The van der Waals surface area contributed by atoms with Crippen molar-refractivity contribution < 1.29 is 4.39 Å². The third-order valence-corrected chi connectivity index (χ3v) is 3.60. The lowest BCUT2D eigenvalue weighted by atomic mass is 9.95. The fourth-order valence-corrected chi connectivity index (χ4v) is 2.70. The number of nitrogens with zero attached hydrogens (tertiary/aromatic N) is 2. The van der Waals surface area contributed by atoms with E-state index in [2.05, 4.69) is 36.0 Å². The Morgan fingerprint density at radius 3 is 2.89 bits per heavy atom. The Bertz CT molecular complexity index is 587. The van der Waals surface area contributed by atoms with Gasteiger partial charge in [-0.2, -0.15) is 4.99 Å². The maximum absolute atomic E-state index is 13.5. The second kappa shape index (κ2) is 4.17. The van der Waals surface area contributed by atoms with Gasteiger partial charge in [0, 0.05) is 12.5 Å². The smallest absolute Gasteiger partial charge is 0.263 e. The zero-order valence-corrected chi connectivity index (χ0v) is 11.5. The third kappa shape index (κ3) is 1.87. The van der Waals surface area contributed by atoms with E-state index < -0.39 is 0 Å². The maximum atomic E-state index is 13.5. The zero-order chi connectivity index (χ0) is 13.6. The molecule has 3 rings (SSSR count). The summed E-state index contributed by atoms with van der Waals surface area (Å²) in [5.41, 5.74) is 2.68. The average Bonchev–Trinajstić information content (AvgIpc) is 2.76. The molecule has 4 heteroatoms. The Morgan fingerprint density at radius 2 is 2.16 bits per heavy atom. The van der Waals surface area contributed by atoms with Crippen molar-refractivity contribution in [3.8, 4) is 0 Å². The highest BCUT2D eigenvalue weighted by molar-refractivity contribution is 5.98. The van der Waals surface area contributed by atoms with E-state index in [1.165, 1.54) is 6.07 Å². The molecule has 0 amide bonds. The molecule has 0 saturated carbocycles. The van der Waals surface area contributed by atoms with Crippen LogP contribution in [0.4, 0.5) is 15.8 Å². The lowest BCUT2D eigenvalue weighted by Crippen LogP contribution is -2.47. The fourth-order valence-electron chi connectivity index (χ4n) is 2.70. The van der Waals surface area contributed by atoms with Crippen LogP contribution in [0, 0.1) is 5.82 Å². The molecule has 2 heterocycles. The van der Waals surface area contributed by atoms with Crippen molar-refractivity contribution >= 4 is 17.2 Å². The molecular formula is C15H18FN3+. The molecule has 3 nitrogen and oxygen atoms in total.